The summed E-state index contributed by atoms with van der Waals surface area (Å²) in [5, 5.41) is 7.85. The molecule has 0 aliphatic carbocycles. The number of hydrogen-bond donors (Lipinski definition) is 2. The number of nitrogens with one attached hydrogen (secondary N) is 2. The van der Waals surface area contributed by atoms with E-state index in [1.165, 1.54) is 11.1 Å². The van der Waals surface area contributed by atoms with E-state index in [1.807, 2.05) is 29.2 Å². The first kappa shape index (κ1) is 16.8. The van der Waals surface area contributed by atoms with Crippen LogP contribution in [-0.4, -0.2) is 42.7 Å². The van der Waals surface area contributed by atoms with Crippen LogP contribution >= 0.6 is 0 Å². The summed E-state index contributed by atoms with van der Waals surface area (Å²) in [5.41, 5.74) is 8.48. The largest absolute Gasteiger partial charge is 0.337 e. The highest BCUT2D eigenvalue weighted by atomic mass is 16.2. The quantitative estimate of drug-likeness (QED) is 0.894. The Labute approximate surface area is 154 Å². The van der Waals surface area contributed by atoms with E-state index in [0.29, 0.717) is 6.42 Å². The molecule has 0 atom stereocenters. The lowest BCUT2D eigenvalue weighted by Gasteiger charge is -2.21. The summed E-state index contributed by atoms with van der Waals surface area (Å²) in [7, 11) is 0. The molecule has 0 spiro atoms. The minimum absolute atomic E-state index is 0.125. The van der Waals surface area contributed by atoms with Crippen LogP contribution in [0, 0.1) is 0 Å². The molecule has 2 aromatic carbocycles. The van der Waals surface area contributed by atoms with E-state index in [1.54, 1.807) is 0 Å². The molecule has 0 aromatic heterocycles. The summed E-state index contributed by atoms with van der Waals surface area (Å²) >= 11 is 0. The van der Waals surface area contributed by atoms with Crippen LogP contribution in [-0.2, 0) is 13.0 Å². The second kappa shape index (κ2) is 7.70. The minimum atomic E-state index is 0.125. The van der Waals surface area contributed by atoms with Crippen LogP contribution in [0.2, 0.25) is 0 Å². The molecule has 0 unspecified atom stereocenters. The first-order valence-electron chi connectivity index (χ1n) is 9.28. The van der Waals surface area contributed by atoms with Gasteiger partial charge >= 0.3 is 0 Å². The van der Waals surface area contributed by atoms with Crippen LogP contribution in [0.3, 0.4) is 0 Å². The van der Waals surface area contributed by atoms with Crippen molar-refractivity contribution in [3.8, 4) is 0 Å². The lowest BCUT2D eigenvalue weighted by Crippen LogP contribution is -2.34. The molecule has 0 saturated carbocycles. The minimum Gasteiger partial charge on any atom is -0.337 e. The van der Waals surface area contributed by atoms with Crippen LogP contribution in [0.4, 0.5) is 0 Å². The van der Waals surface area contributed by atoms with Gasteiger partial charge in [0.2, 0.25) is 0 Å². The van der Waals surface area contributed by atoms with Gasteiger partial charge in [-0.2, -0.15) is 5.10 Å². The molecule has 0 radical (unpaired) electrons. The third-order valence-electron chi connectivity index (χ3n) is 4.98. The van der Waals surface area contributed by atoms with Crippen LogP contribution < -0.4 is 10.7 Å². The highest BCUT2D eigenvalue weighted by Crippen LogP contribution is 2.18. The van der Waals surface area contributed by atoms with E-state index >= 15 is 0 Å². The smallest absolute Gasteiger partial charge is 0.253 e. The molecule has 5 nitrogen and oxygen atoms in total. The lowest BCUT2D eigenvalue weighted by molar-refractivity contribution is 0.0766. The summed E-state index contributed by atoms with van der Waals surface area (Å²) in [4.78, 5) is 14.8. The van der Waals surface area contributed by atoms with Crippen LogP contribution in [0.15, 0.2) is 53.6 Å². The predicted molar refractivity (Wildman–Crippen MR) is 103 cm³/mol. The van der Waals surface area contributed by atoms with Gasteiger partial charge in [0.15, 0.2) is 0 Å². The van der Waals surface area contributed by atoms with Gasteiger partial charge in [-0.25, -0.2) is 0 Å². The topological polar surface area (TPSA) is 56.7 Å². The number of amides is 1. The molecule has 134 valence electrons. The molecule has 26 heavy (non-hydrogen) atoms. The van der Waals surface area contributed by atoms with E-state index in [4.69, 9.17) is 0 Å². The molecule has 5 heteroatoms. The fourth-order valence-electron chi connectivity index (χ4n) is 3.61. The Balaban J connectivity index is 1.53. The number of rotatable bonds is 3. The van der Waals surface area contributed by atoms with Crippen molar-refractivity contribution >= 4 is 11.6 Å². The van der Waals surface area contributed by atoms with Crippen molar-refractivity contribution in [2.24, 2.45) is 5.10 Å². The van der Waals surface area contributed by atoms with Crippen LogP contribution in [0.1, 0.15) is 33.5 Å². The molecule has 2 aliphatic rings. The fourth-order valence-corrected chi connectivity index (χ4v) is 3.61. The van der Waals surface area contributed by atoms with Crippen molar-refractivity contribution in [1.29, 1.82) is 0 Å². The fraction of sp³-hybridized carbons (Fsp3) is 0.333. The Morgan fingerprint density at radius 3 is 2.96 bits per heavy atom. The predicted octanol–water partition coefficient (Wildman–Crippen LogP) is 2.17. The molecule has 1 saturated heterocycles. The Morgan fingerprint density at radius 2 is 2.00 bits per heavy atom. The first-order chi connectivity index (χ1) is 12.8. The maximum Gasteiger partial charge on any atom is 0.253 e. The number of hydrazone groups is 1. The first-order valence-corrected chi connectivity index (χ1v) is 9.28. The molecular formula is C21H24N4O. The Bertz CT molecular complexity index is 822. The molecule has 0 bridgehead atoms. The van der Waals surface area contributed by atoms with Gasteiger partial charge in [-0.15, -0.1) is 0 Å². The van der Waals surface area contributed by atoms with Gasteiger partial charge < -0.3 is 15.6 Å². The van der Waals surface area contributed by atoms with Crippen molar-refractivity contribution in [1.82, 2.24) is 15.6 Å². The number of carbonyl (C=O) groups excluding carboxylic acids is 1. The van der Waals surface area contributed by atoms with Gasteiger partial charge in [-0.05, 0) is 36.2 Å². The third kappa shape index (κ3) is 3.63. The van der Waals surface area contributed by atoms with Gasteiger partial charge in [0, 0.05) is 37.2 Å². The Kier molecular flexibility index (Phi) is 4.97. The third-order valence-corrected chi connectivity index (χ3v) is 4.98. The number of fused-ring (bicyclic) bond motifs is 1. The molecule has 2 N–H and O–H groups in total. The van der Waals surface area contributed by atoms with E-state index in [2.05, 4.69) is 40.1 Å². The van der Waals surface area contributed by atoms with Crippen molar-refractivity contribution in [2.75, 3.05) is 26.2 Å². The average Bonchev–Trinajstić information content (AvgIpc) is 2.97. The number of benzene rings is 2. The number of nitrogens with zero attached hydrogens (tertiary/aromatic N) is 2. The van der Waals surface area contributed by atoms with E-state index < -0.39 is 0 Å². The van der Waals surface area contributed by atoms with Gasteiger partial charge in [0.05, 0.1) is 12.3 Å². The molecule has 1 amide bonds. The molecule has 2 aromatic rings. The Hall–Kier alpha value is -2.66. The molecule has 2 aliphatic heterocycles. The van der Waals surface area contributed by atoms with Crippen molar-refractivity contribution in [2.45, 2.75) is 19.4 Å². The highest BCUT2D eigenvalue weighted by molar-refractivity contribution is 6.03. The number of carbonyl (C=O) groups is 1. The van der Waals surface area contributed by atoms with E-state index in [9.17, 15) is 4.79 Å². The normalized spacial score (nSPS) is 16.9. The van der Waals surface area contributed by atoms with Crippen molar-refractivity contribution < 1.29 is 4.79 Å². The Morgan fingerprint density at radius 1 is 1.08 bits per heavy atom. The average molecular weight is 348 g/mol. The summed E-state index contributed by atoms with van der Waals surface area (Å²) in [6.45, 7) is 4.20. The summed E-state index contributed by atoms with van der Waals surface area (Å²) in [6.07, 6.45) is 1.72. The summed E-state index contributed by atoms with van der Waals surface area (Å²) < 4.78 is 0. The highest BCUT2D eigenvalue weighted by Gasteiger charge is 2.18. The summed E-state index contributed by atoms with van der Waals surface area (Å²) in [5.74, 6) is 0.125. The molecule has 4 rings (SSSR count). The SMILES string of the molecule is O=C(c1cccc(CC2=NNCc3ccccc32)c1)N1CCCNCC1. The zero-order valence-corrected chi connectivity index (χ0v) is 14.9. The zero-order valence-electron chi connectivity index (χ0n) is 14.9. The van der Waals surface area contributed by atoms with Crippen molar-refractivity contribution in [3.63, 3.8) is 0 Å². The van der Waals surface area contributed by atoms with E-state index in [0.717, 1.165) is 56.0 Å². The van der Waals surface area contributed by atoms with Crippen molar-refractivity contribution in [3.05, 3.63) is 70.8 Å². The second-order valence-corrected chi connectivity index (χ2v) is 6.82. The standard InChI is InChI=1S/C21H24N4O/c26-21(25-11-4-9-22-10-12-25)17-7-3-5-16(13-17)14-20-19-8-2-1-6-18(19)15-23-24-20/h1-3,5-8,13,22-23H,4,9-12,14-15H2. The monoisotopic (exact) mass is 348 g/mol. The number of hydrogen-bond acceptors (Lipinski definition) is 4. The van der Waals surface area contributed by atoms with Gasteiger partial charge in [-0.1, -0.05) is 36.4 Å². The zero-order chi connectivity index (χ0) is 17.8. The lowest BCUT2D eigenvalue weighted by atomic mass is 9.96. The molecule has 1 fully saturated rings. The maximum absolute atomic E-state index is 12.9. The summed E-state index contributed by atoms with van der Waals surface area (Å²) in [6, 6.07) is 16.3. The molecular weight excluding hydrogens is 324 g/mol. The second-order valence-electron chi connectivity index (χ2n) is 6.82. The van der Waals surface area contributed by atoms with Gasteiger partial charge in [0.1, 0.15) is 0 Å². The van der Waals surface area contributed by atoms with E-state index in [-0.39, 0.29) is 5.91 Å². The van der Waals surface area contributed by atoms with Gasteiger partial charge in [0.25, 0.3) is 5.91 Å². The maximum atomic E-state index is 12.9. The van der Waals surface area contributed by atoms with Crippen LogP contribution in [0.5, 0.6) is 0 Å². The van der Waals surface area contributed by atoms with Crippen LogP contribution in [0.25, 0.3) is 0 Å². The van der Waals surface area contributed by atoms with Gasteiger partial charge in [-0.3, -0.25) is 4.79 Å². The molecule has 2 heterocycles.